The van der Waals surface area contributed by atoms with Crippen LogP contribution in [0.5, 0.6) is 0 Å². The number of rotatable bonds is 4. The Morgan fingerprint density at radius 1 is 1.41 bits per heavy atom. The molecular weight excluding hydrogens is 343 g/mol. The fourth-order valence-corrected chi connectivity index (χ4v) is 2.92. The molecule has 0 amide bonds. The summed E-state index contributed by atoms with van der Waals surface area (Å²) < 4.78 is 1.13. The molecule has 0 bridgehead atoms. The fraction of sp³-hybridized carbons (Fsp3) is 0.182. The number of thiophene rings is 1. The van der Waals surface area contributed by atoms with Gasteiger partial charge in [0, 0.05) is 39.6 Å². The van der Waals surface area contributed by atoms with Crippen LogP contribution in [0.3, 0.4) is 0 Å². The van der Waals surface area contributed by atoms with Crippen LogP contribution in [0.1, 0.15) is 10.4 Å². The molecule has 2 aromatic rings. The topological polar surface area (TPSA) is 24.9 Å². The third-order valence-electron chi connectivity index (χ3n) is 2.07. The van der Waals surface area contributed by atoms with E-state index in [1.807, 2.05) is 12.1 Å². The van der Waals surface area contributed by atoms with E-state index >= 15 is 0 Å². The van der Waals surface area contributed by atoms with Crippen molar-refractivity contribution in [2.75, 3.05) is 0 Å². The van der Waals surface area contributed by atoms with E-state index in [2.05, 4.69) is 37.7 Å². The lowest BCUT2D eigenvalue weighted by molar-refractivity contribution is 0.699. The molecule has 1 N–H and O–H groups in total. The van der Waals surface area contributed by atoms with Gasteiger partial charge in [-0.2, -0.15) is 0 Å². The van der Waals surface area contributed by atoms with Crippen LogP contribution >= 0.6 is 51.3 Å². The molecule has 0 aromatic carbocycles. The van der Waals surface area contributed by atoms with Gasteiger partial charge >= 0.3 is 0 Å². The molecule has 2 nitrogen and oxygen atoms in total. The maximum atomic E-state index is 5.95. The summed E-state index contributed by atoms with van der Waals surface area (Å²) in [5, 5.41) is 5.99. The molecule has 0 aliphatic carbocycles. The second kappa shape index (κ2) is 7.34. The lowest BCUT2D eigenvalue weighted by Gasteiger charge is -2.04. The van der Waals surface area contributed by atoms with Crippen molar-refractivity contribution in [3.8, 4) is 0 Å². The average molecular weight is 354 g/mol. The normalized spacial score (nSPS) is 10.0. The maximum Gasteiger partial charge on any atom is 0.133 e. The van der Waals surface area contributed by atoms with Crippen molar-refractivity contribution in [3.63, 3.8) is 0 Å². The third kappa shape index (κ3) is 4.56. The minimum Gasteiger partial charge on any atom is -0.308 e. The lowest BCUT2D eigenvalue weighted by atomic mass is 10.3. The highest BCUT2D eigenvalue weighted by molar-refractivity contribution is 9.10. The van der Waals surface area contributed by atoms with Crippen LogP contribution in [-0.2, 0) is 13.1 Å². The predicted octanol–water partition coefficient (Wildman–Crippen LogP) is 4.27. The highest BCUT2D eigenvalue weighted by Gasteiger charge is 2.01. The quantitative estimate of drug-likeness (QED) is 0.830. The van der Waals surface area contributed by atoms with E-state index < -0.39 is 0 Å². The van der Waals surface area contributed by atoms with E-state index in [4.69, 9.17) is 11.6 Å². The zero-order chi connectivity index (χ0) is 11.4. The van der Waals surface area contributed by atoms with Gasteiger partial charge in [-0.25, -0.2) is 4.98 Å². The maximum absolute atomic E-state index is 5.95. The summed E-state index contributed by atoms with van der Waals surface area (Å²) in [5.41, 5.74) is 1.03. The molecule has 0 aliphatic rings. The monoisotopic (exact) mass is 352 g/mol. The van der Waals surface area contributed by atoms with Crippen molar-refractivity contribution in [2.24, 2.45) is 0 Å². The highest BCUT2D eigenvalue weighted by atomic mass is 79.9. The first-order valence-corrected chi connectivity index (χ1v) is 6.84. The summed E-state index contributed by atoms with van der Waals surface area (Å²) in [5.74, 6) is 0. The summed E-state index contributed by atoms with van der Waals surface area (Å²) in [6, 6.07) is 5.99. The standard InChI is InChI=1S/C11H10BrClN2S.ClH/c12-9-4-10(16-7-9)6-14-5-8-2-1-3-15-11(8)13;/h1-4,7,14H,5-6H2;1H. The van der Waals surface area contributed by atoms with Gasteiger partial charge in [-0.1, -0.05) is 17.7 Å². The SMILES string of the molecule is Cl.Clc1ncccc1CNCc1cc(Br)cs1. The van der Waals surface area contributed by atoms with Gasteiger partial charge in [-0.05, 0) is 28.1 Å². The molecule has 0 saturated heterocycles. The molecule has 0 radical (unpaired) electrons. The molecule has 17 heavy (non-hydrogen) atoms. The Morgan fingerprint density at radius 3 is 2.88 bits per heavy atom. The Balaban J connectivity index is 0.00000144. The molecule has 2 rings (SSSR count). The van der Waals surface area contributed by atoms with E-state index in [1.165, 1.54) is 4.88 Å². The summed E-state index contributed by atoms with van der Waals surface area (Å²) in [6.45, 7) is 1.59. The predicted molar refractivity (Wildman–Crippen MR) is 79.1 cm³/mol. The molecule has 92 valence electrons. The Hall–Kier alpha value is -0.130. The average Bonchev–Trinajstić information content (AvgIpc) is 2.67. The Kier molecular flexibility index (Phi) is 6.44. The molecule has 6 heteroatoms. The number of pyridine rings is 1. The zero-order valence-electron chi connectivity index (χ0n) is 8.82. The van der Waals surface area contributed by atoms with Crippen molar-refractivity contribution < 1.29 is 0 Å². The molecule has 0 aliphatic heterocycles. The first kappa shape index (κ1) is 14.9. The van der Waals surface area contributed by atoms with Crippen LogP contribution in [0.15, 0.2) is 34.2 Å². The van der Waals surface area contributed by atoms with Gasteiger partial charge in [0.15, 0.2) is 0 Å². The second-order valence-electron chi connectivity index (χ2n) is 3.29. The van der Waals surface area contributed by atoms with Gasteiger partial charge in [0.2, 0.25) is 0 Å². The fourth-order valence-electron chi connectivity index (χ4n) is 1.32. The number of nitrogens with one attached hydrogen (secondary N) is 1. The van der Waals surface area contributed by atoms with E-state index in [-0.39, 0.29) is 12.4 Å². The number of hydrogen-bond donors (Lipinski definition) is 1. The third-order valence-corrected chi connectivity index (χ3v) is 4.11. The minimum absolute atomic E-state index is 0. The van der Waals surface area contributed by atoms with Gasteiger partial charge < -0.3 is 5.32 Å². The Labute approximate surface area is 124 Å². The van der Waals surface area contributed by atoms with Gasteiger partial charge in [0.25, 0.3) is 0 Å². The number of hydrogen-bond acceptors (Lipinski definition) is 3. The van der Waals surface area contributed by atoms with E-state index in [0.29, 0.717) is 5.15 Å². The summed E-state index contributed by atoms with van der Waals surface area (Å²) in [7, 11) is 0. The van der Waals surface area contributed by atoms with Gasteiger partial charge in [-0.15, -0.1) is 23.7 Å². The zero-order valence-corrected chi connectivity index (χ0v) is 12.8. The number of halogens is 3. The first-order valence-electron chi connectivity index (χ1n) is 4.79. The smallest absolute Gasteiger partial charge is 0.133 e. The number of aromatic nitrogens is 1. The molecule has 0 fully saturated rings. The second-order valence-corrected chi connectivity index (χ2v) is 5.56. The van der Waals surface area contributed by atoms with Crippen LogP contribution < -0.4 is 5.32 Å². The lowest BCUT2D eigenvalue weighted by Crippen LogP contribution is -2.12. The van der Waals surface area contributed by atoms with Gasteiger partial charge in [-0.3, -0.25) is 0 Å². The van der Waals surface area contributed by atoms with Crippen LogP contribution in [0.2, 0.25) is 5.15 Å². The van der Waals surface area contributed by atoms with Crippen molar-refractivity contribution in [1.82, 2.24) is 10.3 Å². The van der Waals surface area contributed by atoms with Crippen molar-refractivity contribution in [1.29, 1.82) is 0 Å². The molecular formula is C11H11BrCl2N2S. The van der Waals surface area contributed by atoms with Crippen LogP contribution in [0.4, 0.5) is 0 Å². The van der Waals surface area contributed by atoms with E-state index in [0.717, 1.165) is 23.1 Å². The van der Waals surface area contributed by atoms with Crippen molar-refractivity contribution in [3.05, 3.63) is 49.8 Å². The highest BCUT2D eigenvalue weighted by Crippen LogP contribution is 2.19. The summed E-state index contributed by atoms with van der Waals surface area (Å²) in [6.07, 6.45) is 1.70. The van der Waals surface area contributed by atoms with Crippen molar-refractivity contribution in [2.45, 2.75) is 13.1 Å². The van der Waals surface area contributed by atoms with E-state index in [1.54, 1.807) is 17.5 Å². The molecule has 0 saturated carbocycles. The Bertz CT molecular complexity index is 476. The van der Waals surface area contributed by atoms with Crippen LogP contribution in [0.25, 0.3) is 0 Å². The van der Waals surface area contributed by atoms with Gasteiger partial charge in [0.1, 0.15) is 5.15 Å². The molecule has 2 heterocycles. The first-order chi connectivity index (χ1) is 7.75. The molecule has 2 aromatic heterocycles. The van der Waals surface area contributed by atoms with Crippen LogP contribution in [0, 0.1) is 0 Å². The molecule has 0 atom stereocenters. The van der Waals surface area contributed by atoms with Gasteiger partial charge in [0.05, 0.1) is 0 Å². The summed E-state index contributed by atoms with van der Waals surface area (Å²) in [4.78, 5) is 5.33. The van der Waals surface area contributed by atoms with Crippen LogP contribution in [-0.4, -0.2) is 4.98 Å². The number of nitrogens with zero attached hydrogens (tertiary/aromatic N) is 1. The molecule has 0 spiro atoms. The largest absolute Gasteiger partial charge is 0.308 e. The molecule has 0 unspecified atom stereocenters. The summed E-state index contributed by atoms with van der Waals surface area (Å²) >= 11 is 11.1. The Morgan fingerprint density at radius 2 is 2.24 bits per heavy atom. The van der Waals surface area contributed by atoms with Crippen molar-refractivity contribution >= 4 is 51.3 Å². The minimum atomic E-state index is 0. The van der Waals surface area contributed by atoms with E-state index in [9.17, 15) is 0 Å².